The molecule has 0 saturated carbocycles. The standard InChI is InChI=1S/C11H11IN4O/c1-7-14-10(16-13)6-11(15-7)17-9-4-2-3-8(12)5-9/h2-6H,13H2,1H3,(H,14,15,16). The van der Waals surface area contributed by atoms with Gasteiger partial charge in [-0.05, 0) is 47.7 Å². The third-order valence-corrected chi connectivity index (χ3v) is 2.65. The smallest absolute Gasteiger partial charge is 0.224 e. The molecule has 0 saturated heterocycles. The number of halogens is 1. The summed E-state index contributed by atoms with van der Waals surface area (Å²) in [6, 6.07) is 9.36. The van der Waals surface area contributed by atoms with Gasteiger partial charge in [-0.1, -0.05) is 6.07 Å². The van der Waals surface area contributed by atoms with Gasteiger partial charge in [0, 0.05) is 9.64 Å². The molecule has 0 spiro atoms. The molecule has 88 valence electrons. The lowest BCUT2D eigenvalue weighted by Crippen LogP contribution is -2.09. The Morgan fingerprint density at radius 1 is 1.29 bits per heavy atom. The van der Waals surface area contributed by atoms with E-state index in [1.807, 2.05) is 24.3 Å². The molecule has 3 N–H and O–H groups in total. The molecular weight excluding hydrogens is 331 g/mol. The maximum atomic E-state index is 5.63. The fraction of sp³-hybridized carbons (Fsp3) is 0.0909. The summed E-state index contributed by atoms with van der Waals surface area (Å²) in [6.07, 6.45) is 0. The quantitative estimate of drug-likeness (QED) is 0.509. The van der Waals surface area contributed by atoms with Gasteiger partial charge in [-0.15, -0.1) is 0 Å². The van der Waals surface area contributed by atoms with Crippen LogP contribution in [0.25, 0.3) is 0 Å². The molecule has 0 amide bonds. The highest BCUT2D eigenvalue weighted by Gasteiger charge is 2.03. The number of hydrazine groups is 1. The van der Waals surface area contributed by atoms with Crippen LogP contribution < -0.4 is 16.0 Å². The van der Waals surface area contributed by atoms with E-state index < -0.39 is 0 Å². The van der Waals surface area contributed by atoms with Crippen molar-refractivity contribution in [2.45, 2.75) is 6.92 Å². The second-order valence-corrected chi connectivity index (χ2v) is 4.59. The summed E-state index contributed by atoms with van der Waals surface area (Å²) < 4.78 is 6.73. The number of nitrogen functional groups attached to an aromatic ring is 1. The van der Waals surface area contributed by atoms with Gasteiger partial charge in [0.1, 0.15) is 17.4 Å². The third kappa shape index (κ3) is 3.27. The first kappa shape index (κ1) is 12.1. The van der Waals surface area contributed by atoms with Crippen LogP contribution in [0.3, 0.4) is 0 Å². The van der Waals surface area contributed by atoms with E-state index in [4.69, 9.17) is 10.6 Å². The Labute approximate surface area is 113 Å². The molecule has 6 heteroatoms. The number of aromatic nitrogens is 2. The number of benzene rings is 1. The number of anilines is 1. The van der Waals surface area contributed by atoms with Gasteiger partial charge in [0.15, 0.2) is 0 Å². The van der Waals surface area contributed by atoms with Gasteiger partial charge >= 0.3 is 0 Å². The molecule has 0 atom stereocenters. The van der Waals surface area contributed by atoms with Crippen molar-refractivity contribution in [3.63, 3.8) is 0 Å². The van der Waals surface area contributed by atoms with E-state index in [1.165, 1.54) is 0 Å². The van der Waals surface area contributed by atoms with Crippen LogP contribution >= 0.6 is 22.6 Å². The molecule has 0 unspecified atom stereocenters. The molecule has 1 aromatic heterocycles. The van der Waals surface area contributed by atoms with Crippen LogP contribution in [0.5, 0.6) is 11.6 Å². The van der Waals surface area contributed by atoms with Crippen LogP contribution in [0.15, 0.2) is 30.3 Å². The molecule has 0 aliphatic rings. The molecule has 1 heterocycles. The second kappa shape index (κ2) is 5.28. The average Bonchev–Trinajstić information content (AvgIpc) is 2.28. The number of nitrogens with zero attached hydrogens (tertiary/aromatic N) is 2. The Morgan fingerprint density at radius 2 is 2.12 bits per heavy atom. The molecule has 2 rings (SSSR count). The normalized spacial score (nSPS) is 10.1. The molecule has 0 aliphatic heterocycles. The maximum Gasteiger partial charge on any atom is 0.224 e. The first-order valence-electron chi connectivity index (χ1n) is 4.93. The van der Waals surface area contributed by atoms with Crippen LogP contribution in [-0.2, 0) is 0 Å². The summed E-state index contributed by atoms with van der Waals surface area (Å²) in [5.41, 5.74) is 2.47. The Hall–Kier alpha value is -1.41. The number of rotatable bonds is 3. The Bertz CT molecular complexity index is 533. The van der Waals surface area contributed by atoms with Gasteiger partial charge in [0.2, 0.25) is 5.88 Å². The molecular formula is C11H11IN4O. The lowest BCUT2D eigenvalue weighted by Gasteiger charge is -2.07. The largest absolute Gasteiger partial charge is 0.439 e. The van der Waals surface area contributed by atoms with E-state index in [1.54, 1.807) is 13.0 Å². The number of nitrogens with two attached hydrogens (primary N) is 1. The monoisotopic (exact) mass is 342 g/mol. The first-order chi connectivity index (χ1) is 8.17. The van der Waals surface area contributed by atoms with E-state index in [2.05, 4.69) is 38.0 Å². The summed E-state index contributed by atoms with van der Waals surface area (Å²) in [5.74, 6) is 7.63. The molecule has 5 nitrogen and oxygen atoms in total. The van der Waals surface area contributed by atoms with Crippen LogP contribution in [0.1, 0.15) is 5.82 Å². The fourth-order valence-electron chi connectivity index (χ4n) is 1.32. The average molecular weight is 342 g/mol. The predicted octanol–water partition coefficient (Wildman–Crippen LogP) is 2.47. The second-order valence-electron chi connectivity index (χ2n) is 3.34. The van der Waals surface area contributed by atoms with Crippen molar-refractivity contribution in [2.24, 2.45) is 5.84 Å². The summed E-state index contributed by atoms with van der Waals surface area (Å²) in [4.78, 5) is 8.26. The van der Waals surface area contributed by atoms with Gasteiger partial charge in [0.25, 0.3) is 0 Å². The fourth-order valence-corrected chi connectivity index (χ4v) is 1.83. The van der Waals surface area contributed by atoms with Crippen LogP contribution in [0, 0.1) is 10.5 Å². The van der Waals surface area contributed by atoms with E-state index in [-0.39, 0.29) is 0 Å². The number of hydrogen-bond acceptors (Lipinski definition) is 5. The van der Waals surface area contributed by atoms with Gasteiger partial charge in [-0.3, -0.25) is 0 Å². The lowest BCUT2D eigenvalue weighted by molar-refractivity contribution is 0.460. The Kier molecular flexibility index (Phi) is 3.75. The molecule has 17 heavy (non-hydrogen) atoms. The highest BCUT2D eigenvalue weighted by Crippen LogP contribution is 2.22. The van der Waals surface area contributed by atoms with Crippen molar-refractivity contribution in [2.75, 3.05) is 5.43 Å². The van der Waals surface area contributed by atoms with Gasteiger partial charge in [-0.25, -0.2) is 10.8 Å². The SMILES string of the molecule is Cc1nc(NN)cc(Oc2cccc(I)c2)n1. The van der Waals surface area contributed by atoms with Crippen LogP contribution in [-0.4, -0.2) is 9.97 Å². The predicted molar refractivity (Wildman–Crippen MR) is 73.8 cm³/mol. The van der Waals surface area contributed by atoms with Gasteiger partial charge < -0.3 is 10.2 Å². The minimum atomic E-state index is 0.465. The van der Waals surface area contributed by atoms with Crippen molar-refractivity contribution in [3.05, 3.63) is 39.7 Å². The topological polar surface area (TPSA) is 73.1 Å². The highest BCUT2D eigenvalue weighted by molar-refractivity contribution is 14.1. The number of hydrogen-bond donors (Lipinski definition) is 2. The van der Waals surface area contributed by atoms with Gasteiger partial charge in [-0.2, -0.15) is 4.98 Å². The van der Waals surface area contributed by atoms with Crippen molar-refractivity contribution in [3.8, 4) is 11.6 Å². The third-order valence-electron chi connectivity index (χ3n) is 1.98. The minimum Gasteiger partial charge on any atom is -0.439 e. The highest BCUT2D eigenvalue weighted by atomic mass is 127. The number of aryl methyl sites for hydroxylation is 1. The zero-order valence-electron chi connectivity index (χ0n) is 9.14. The van der Waals surface area contributed by atoms with Crippen LogP contribution in [0.4, 0.5) is 5.82 Å². The Morgan fingerprint density at radius 3 is 2.82 bits per heavy atom. The summed E-state index contributed by atoms with van der Waals surface area (Å²) in [5, 5.41) is 0. The van der Waals surface area contributed by atoms with E-state index in [9.17, 15) is 0 Å². The Balaban J connectivity index is 2.26. The van der Waals surface area contributed by atoms with Crippen molar-refractivity contribution in [1.82, 2.24) is 9.97 Å². The number of nitrogens with one attached hydrogen (secondary N) is 1. The van der Waals surface area contributed by atoms with Crippen molar-refractivity contribution >= 4 is 28.4 Å². The number of ether oxygens (including phenoxy) is 1. The first-order valence-corrected chi connectivity index (χ1v) is 6.01. The lowest BCUT2D eigenvalue weighted by atomic mass is 10.3. The molecule has 1 aromatic carbocycles. The van der Waals surface area contributed by atoms with E-state index in [0.717, 1.165) is 9.32 Å². The summed E-state index contributed by atoms with van der Waals surface area (Å²) >= 11 is 2.22. The molecule has 0 aliphatic carbocycles. The van der Waals surface area contributed by atoms with Crippen molar-refractivity contribution < 1.29 is 4.74 Å². The molecule has 2 aromatic rings. The zero-order chi connectivity index (χ0) is 12.3. The van der Waals surface area contributed by atoms with E-state index in [0.29, 0.717) is 17.5 Å². The van der Waals surface area contributed by atoms with Crippen LogP contribution in [0.2, 0.25) is 0 Å². The molecule has 0 radical (unpaired) electrons. The summed E-state index contributed by atoms with van der Waals surface area (Å²) in [7, 11) is 0. The maximum absolute atomic E-state index is 5.63. The van der Waals surface area contributed by atoms with E-state index >= 15 is 0 Å². The molecule has 0 bridgehead atoms. The van der Waals surface area contributed by atoms with Crippen molar-refractivity contribution in [1.29, 1.82) is 0 Å². The zero-order valence-corrected chi connectivity index (χ0v) is 11.3. The molecule has 0 fully saturated rings. The van der Waals surface area contributed by atoms with Gasteiger partial charge in [0.05, 0.1) is 0 Å². The summed E-state index contributed by atoms with van der Waals surface area (Å²) in [6.45, 7) is 1.78. The minimum absolute atomic E-state index is 0.465.